The first-order chi connectivity index (χ1) is 14.0. The van der Waals surface area contributed by atoms with Gasteiger partial charge in [0.05, 0.1) is 6.04 Å². The molecule has 4 rings (SSSR count). The maximum absolute atomic E-state index is 12.9. The van der Waals surface area contributed by atoms with Crippen molar-refractivity contribution in [2.24, 2.45) is 5.92 Å². The predicted octanol–water partition coefficient (Wildman–Crippen LogP) is 2.85. The Hall–Kier alpha value is -2.00. The van der Waals surface area contributed by atoms with Gasteiger partial charge in [-0.15, -0.1) is 10.2 Å². The van der Waals surface area contributed by atoms with Gasteiger partial charge in [-0.1, -0.05) is 20.3 Å². The highest BCUT2D eigenvalue weighted by molar-refractivity contribution is 7.89. The number of pyridine rings is 1. The quantitative estimate of drug-likeness (QED) is 0.717. The van der Waals surface area contributed by atoms with Crippen LogP contribution in [-0.2, 0) is 16.6 Å². The van der Waals surface area contributed by atoms with Gasteiger partial charge in [0.2, 0.25) is 10.0 Å². The van der Waals surface area contributed by atoms with Crippen LogP contribution >= 0.6 is 0 Å². The first-order valence-electron chi connectivity index (χ1n) is 10.6. The smallest absolute Gasteiger partial charge is 0.244 e. The van der Waals surface area contributed by atoms with Gasteiger partial charge in [0.1, 0.15) is 17.0 Å². The van der Waals surface area contributed by atoms with E-state index in [0.29, 0.717) is 19.0 Å². The van der Waals surface area contributed by atoms with E-state index in [9.17, 15) is 8.42 Å². The van der Waals surface area contributed by atoms with E-state index in [1.54, 1.807) is 16.7 Å². The van der Waals surface area contributed by atoms with Gasteiger partial charge in [-0.05, 0) is 43.7 Å². The summed E-state index contributed by atoms with van der Waals surface area (Å²) in [6, 6.07) is 3.65. The van der Waals surface area contributed by atoms with Crippen LogP contribution in [0.15, 0.2) is 29.6 Å². The SMILES string of the molecule is CC(C)Cn1cnnc1C1CCCN1c1ccc(S(=O)(=O)N2CCCCC2)cn1. The summed E-state index contributed by atoms with van der Waals surface area (Å²) in [5, 5.41) is 8.51. The Labute approximate surface area is 173 Å². The number of piperidine rings is 1. The Morgan fingerprint density at radius 1 is 1.10 bits per heavy atom. The highest BCUT2D eigenvalue weighted by atomic mass is 32.2. The van der Waals surface area contributed by atoms with E-state index < -0.39 is 10.0 Å². The van der Waals surface area contributed by atoms with Crippen molar-refractivity contribution >= 4 is 15.8 Å². The highest BCUT2D eigenvalue weighted by Gasteiger charge is 2.32. The van der Waals surface area contributed by atoms with Crippen molar-refractivity contribution in [3.05, 3.63) is 30.5 Å². The van der Waals surface area contributed by atoms with Crippen molar-refractivity contribution in [2.45, 2.75) is 63.4 Å². The molecule has 0 aliphatic carbocycles. The van der Waals surface area contributed by atoms with E-state index in [0.717, 1.165) is 56.8 Å². The fraction of sp³-hybridized carbons (Fsp3) is 0.650. The molecule has 9 heteroatoms. The summed E-state index contributed by atoms with van der Waals surface area (Å²) in [7, 11) is -3.45. The second-order valence-corrected chi connectivity index (χ2v) is 10.3. The lowest BCUT2D eigenvalue weighted by molar-refractivity contribution is 0.346. The molecule has 0 spiro atoms. The molecular formula is C20H30N6O2S. The Bertz CT molecular complexity index is 919. The third kappa shape index (κ3) is 4.16. The average molecular weight is 419 g/mol. The molecule has 2 fully saturated rings. The summed E-state index contributed by atoms with van der Waals surface area (Å²) >= 11 is 0. The van der Waals surface area contributed by atoms with Gasteiger partial charge >= 0.3 is 0 Å². The Morgan fingerprint density at radius 3 is 2.59 bits per heavy atom. The summed E-state index contributed by atoms with van der Waals surface area (Å²) < 4.78 is 29.4. The van der Waals surface area contributed by atoms with Crippen LogP contribution in [0.1, 0.15) is 57.8 Å². The maximum atomic E-state index is 12.9. The number of sulfonamides is 1. The largest absolute Gasteiger partial charge is 0.346 e. The molecule has 2 aliphatic heterocycles. The first kappa shape index (κ1) is 20.3. The molecule has 0 radical (unpaired) electrons. The number of nitrogens with zero attached hydrogens (tertiary/aromatic N) is 6. The number of rotatable bonds is 6. The zero-order chi connectivity index (χ0) is 20.4. The maximum Gasteiger partial charge on any atom is 0.244 e. The highest BCUT2D eigenvalue weighted by Crippen LogP contribution is 2.34. The van der Waals surface area contributed by atoms with Crippen molar-refractivity contribution < 1.29 is 8.42 Å². The van der Waals surface area contributed by atoms with E-state index in [2.05, 4.69) is 38.5 Å². The minimum Gasteiger partial charge on any atom is -0.346 e. The van der Waals surface area contributed by atoms with Crippen LogP contribution in [0.2, 0.25) is 0 Å². The van der Waals surface area contributed by atoms with Crippen molar-refractivity contribution in [3.63, 3.8) is 0 Å². The number of hydrogen-bond donors (Lipinski definition) is 0. The molecule has 0 saturated carbocycles. The minimum atomic E-state index is -3.45. The van der Waals surface area contributed by atoms with Gasteiger partial charge in [-0.25, -0.2) is 13.4 Å². The van der Waals surface area contributed by atoms with Crippen LogP contribution in [0.25, 0.3) is 0 Å². The van der Waals surface area contributed by atoms with Crippen molar-refractivity contribution in [1.82, 2.24) is 24.1 Å². The monoisotopic (exact) mass is 418 g/mol. The molecule has 2 aromatic heterocycles. The van der Waals surface area contributed by atoms with E-state index in [1.807, 2.05) is 6.07 Å². The van der Waals surface area contributed by atoms with Gasteiger partial charge in [0.15, 0.2) is 5.82 Å². The van der Waals surface area contributed by atoms with Crippen molar-refractivity contribution in [1.29, 1.82) is 0 Å². The molecule has 4 heterocycles. The molecule has 1 atom stereocenters. The zero-order valence-electron chi connectivity index (χ0n) is 17.2. The predicted molar refractivity (Wildman–Crippen MR) is 111 cm³/mol. The lowest BCUT2D eigenvalue weighted by Gasteiger charge is -2.27. The minimum absolute atomic E-state index is 0.119. The molecule has 158 valence electrons. The fourth-order valence-electron chi connectivity index (χ4n) is 4.31. The molecule has 2 aromatic rings. The summed E-state index contributed by atoms with van der Waals surface area (Å²) in [6.45, 7) is 7.32. The van der Waals surface area contributed by atoms with Gasteiger partial charge in [-0.2, -0.15) is 4.31 Å². The van der Waals surface area contributed by atoms with Crippen LogP contribution in [-0.4, -0.2) is 52.1 Å². The van der Waals surface area contributed by atoms with E-state index in [1.165, 1.54) is 6.20 Å². The third-order valence-corrected chi connectivity index (χ3v) is 7.61. The molecule has 2 saturated heterocycles. The Morgan fingerprint density at radius 2 is 1.90 bits per heavy atom. The normalized spacial score (nSPS) is 21.2. The second kappa shape index (κ2) is 8.39. The molecule has 0 bridgehead atoms. The molecule has 8 nitrogen and oxygen atoms in total. The number of hydrogen-bond acceptors (Lipinski definition) is 6. The molecule has 2 aliphatic rings. The molecule has 0 amide bonds. The summed E-state index contributed by atoms with van der Waals surface area (Å²) in [6.07, 6.45) is 8.30. The Balaban J connectivity index is 1.55. The van der Waals surface area contributed by atoms with E-state index in [4.69, 9.17) is 0 Å². The van der Waals surface area contributed by atoms with E-state index >= 15 is 0 Å². The van der Waals surface area contributed by atoms with Crippen LogP contribution in [0.4, 0.5) is 5.82 Å². The molecule has 0 aromatic carbocycles. The zero-order valence-corrected chi connectivity index (χ0v) is 18.1. The molecular weight excluding hydrogens is 388 g/mol. The van der Waals surface area contributed by atoms with Gasteiger partial charge < -0.3 is 9.47 Å². The summed E-state index contributed by atoms with van der Waals surface area (Å²) in [5.41, 5.74) is 0. The van der Waals surface area contributed by atoms with E-state index in [-0.39, 0.29) is 10.9 Å². The number of anilines is 1. The summed E-state index contributed by atoms with van der Waals surface area (Å²) in [5.74, 6) is 2.27. The van der Waals surface area contributed by atoms with Gasteiger partial charge in [-0.3, -0.25) is 0 Å². The standard InChI is InChI=1S/C20H30N6O2S/c1-16(2)14-24-15-22-23-20(24)18-7-6-12-26(18)19-9-8-17(13-21-19)29(27,28)25-10-4-3-5-11-25/h8-9,13,15-16,18H,3-7,10-12,14H2,1-2H3. The second-order valence-electron chi connectivity index (χ2n) is 8.40. The molecule has 29 heavy (non-hydrogen) atoms. The van der Waals surface area contributed by atoms with Gasteiger partial charge in [0.25, 0.3) is 0 Å². The van der Waals surface area contributed by atoms with Crippen molar-refractivity contribution in [3.8, 4) is 0 Å². The van der Waals surface area contributed by atoms with Crippen LogP contribution in [0, 0.1) is 5.92 Å². The van der Waals surface area contributed by atoms with Crippen LogP contribution < -0.4 is 4.90 Å². The lowest BCUT2D eigenvalue weighted by Crippen LogP contribution is -2.35. The summed E-state index contributed by atoms with van der Waals surface area (Å²) in [4.78, 5) is 7.04. The average Bonchev–Trinajstić information content (AvgIpc) is 3.37. The van der Waals surface area contributed by atoms with Crippen LogP contribution in [0.3, 0.4) is 0 Å². The first-order valence-corrected chi connectivity index (χ1v) is 12.0. The van der Waals surface area contributed by atoms with Crippen LogP contribution in [0.5, 0.6) is 0 Å². The molecule has 1 unspecified atom stereocenters. The topological polar surface area (TPSA) is 84.2 Å². The van der Waals surface area contributed by atoms with Gasteiger partial charge in [0, 0.05) is 32.4 Å². The third-order valence-electron chi connectivity index (χ3n) is 5.73. The fourth-order valence-corrected chi connectivity index (χ4v) is 5.78. The van der Waals surface area contributed by atoms with Crippen molar-refractivity contribution in [2.75, 3.05) is 24.5 Å². The Kier molecular flexibility index (Phi) is 5.87. The molecule has 0 N–H and O–H groups in total. The number of aromatic nitrogens is 4. The lowest BCUT2D eigenvalue weighted by atomic mass is 10.2.